The Kier molecular flexibility index (Phi) is 3.35. The number of aliphatic hydroxyl groups excluding tert-OH is 2. The van der Waals surface area contributed by atoms with Crippen LogP contribution in [-0.2, 0) is 9.59 Å². The number of Topliss-reactive ketones (excluding diaryl/α,β-unsaturated/α-hetero) is 2. The molecule has 0 heterocycles. The van der Waals surface area contributed by atoms with Crippen molar-refractivity contribution < 1.29 is 19.8 Å². The Morgan fingerprint density at radius 2 is 1.74 bits per heavy atom. The summed E-state index contributed by atoms with van der Waals surface area (Å²) in [7, 11) is 0. The normalized spacial score (nSPS) is 56.0. The number of ketones is 2. The Bertz CT molecular complexity index is 558. The van der Waals surface area contributed by atoms with E-state index in [2.05, 4.69) is 6.92 Å². The molecule has 0 amide bonds. The third-order valence-electron chi connectivity index (χ3n) is 8.11. The molecule has 4 saturated carbocycles. The fourth-order valence-electron chi connectivity index (χ4n) is 6.83. The molecule has 0 radical (unpaired) electrons. The maximum Gasteiger partial charge on any atom is 0.162 e. The Morgan fingerprint density at radius 3 is 2.48 bits per heavy atom. The van der Waals surface area contributed by atoms with Gasteiger partial charge in [0.1, 0.15) is 11.9 Å². The van der Waals surface area contributed by atoms with Crippen LogP contribution < -0.4 is 0 Å². The van der Waals surface area contributed by atoms with Gasteiger partial charge in [0.05, 0.1) is 6.10 Å². The van der Waals surface area contributed by atoms with Gasteiger partial charge in [-0.05, 0) is 55.3 Å². The van der Waals surface area contributed by atoms with Crippen LogP contribution in [-0.4, -0.2) is 34.0 Å². The van der Waals surface area contributed by atoms with Crippen molar-refractivity contribution in [2.45, 2.75) is 71.0 Å². The minimum absolute atomic E-state index is 0.0184. The van der Waals surface area contributed by atoms with Gasteiger partial charge in [-0.2, -0.15) is 0 Å². The van der Waals surface area contributed by atoms with E-state index in [0.717, 1.165) is 32.1 Å². The smallest absolute Gasteiger partial charge is 0.162 e. The largest absolute Gasteiger partial charge is 0.393 e. The highest BCUT2D eigenvalue weighted by Gasteiger charge is 2.64. The molecular formula is C19H28O4. The van der Waals surface area contributed by atoms with Crippen LogP contribution in [0.3, 0.4) is 0 Å². The SMILES string of the molecule is C[C@]12CC(=O)[C@H]3[C@@H](CCC4CC(O)CC[C@@]43C)[C@@H]1CC(=O)[C@@H]2O. The van der Waals surface area contributed by atoms with E-state index in [1.165, 1.54) is 0 Å². The van der Waals surface area contributed by atoms with Gasteiger partial charge in [-0.25, -0.2) is 0 Å². The number of hydrogen-bond acceptors (Lipinski definition) is 4. The Hall–Kier alpha value is -0.740. The fourth-order valence-corrected chi connectivity index (χ4v) is 6.83. The molecule has 4 nitrogen and oxygen atoms in total. The first kappa shape index (κ1) is 15.8. The topological polar surface area (TPSA) is 74.6 Å². The molecular weight excluding hydrogens is 292 g/mol. The molecule has 2 N–H and O–H groups in total. The van der Waals surface area contributed by atoms with Crippen LogP contribution in [0.25, 0.3) is 0 Å². The van der Waals surface area contributed by atoms with Gasteiger partial charge in [-0.15, -0.1) is 0 Å². The third kappa shape index (κ3) is 1.97. The summed E-state index contributed by atoms with van der Waals surface area (Å²) in [6.07, 6.45) is 4.11. The highest BCUT2D eigenvalue weighted by Crippen LogP contribution is 2.64. The Balaban J connectivity index is 1.71. The van der Waals surface area contributed by atoms with Crippen LogP contribution in [0.15, 0.2) is 0 Å². The van der Waals surface area contributed by atoms with Crippen molar-refractivity contribution in [3.05, 3.63) is 0 Å². The molecule has 0 aromatic carbocycles. The molecule has 0 aromatic rings. The maximum absolute atomic E-state index is 13.1. The van der Waals surface area contributed by atoms with E-state index in [-0.39, 0.29) is 40.8 Å². The van der Waals surface area contributed by atoms with Gasteiger partial charge in [0.2, 0.25) is 0 Å². The van der Waals surface area contributed by atoms with E-state index in [0.29, 0.717) is 18.8 Å². The Labute approximate surface area is 137 Å². The van der Waals surface area contributed by atoms with Crippen molar-refractivity contribution in [1.29, 1.82) is 0 Å². The van der Waals surface area contributed by atoms with Crippen LogP contribution in [0.4, 0.5) is 0 Å². The van der Waals surface area contributed by atoms with Gasteiger partial charge >= 0.3 is 0 Å². The van der Waals surface area contributed by atoms with Gasteiger partial charge in [0.25, 0.3) is 0 Å². The number of rotatable bonds is 0. The predicted octanol–water partition coefficient (Wildman–Crippen LogP) is 2.11. The van der Waals surface area contributed by atoms with Gasteiger partial charge in [0.15, 0.2) is 5.78 Å². The van der Waals surface area contributed by atoms with E-state index in [1.54, 1.807) is 0 Å². The van der Waals surface area contributed by atoms with Crippen LogP contribution in [0.1, 0.15) is 58.8 Å². The quantitative estimate of drug-likeness (QED) is 0.717. The first-order valence-corrected chi connectivity index (χ1v) is 9.19. The summed E-state index contributed by atoms with van der Waals surface area (Å²) in [4.78, 5) is 25.2. The summed E-state index contributed by atoms with van der Waals surface area (Å²) in [6.45, 7) is 4.19. The van der Waals surface area contributed by atoms with Crippen molar-refractivity contribution in [3.8, 4) is 0 Å². The summed E-state index contributed by atoms with van der Waals surface area (Å²) in [5.74, 6) is 1.01. The molecule has 4 heteroatoms. The summed E-state index contributed by atoms with van der Waals surface area (Å²) < 4.78 is 0. The average molecular weight is 320 g/mol. The minimum atomic E-state index is -0.962. The number of carbonyl (C=O) groups is 2. The monoisotopic (exact) mass is 320 g/mol. The molecule has 4 fully saturated rings. The molecule has 0 spiro atoms. The van der Waals surface area contributed by atoms with Crippen LogP contribution in [0.2, 0.25) is 0 Å². The molecule has 4 aliphatic rings. The fraction of sp³-hybridized carbons (Fsp3) is 0.895. The molecule has 8 atom stereocenters. The van der Waals surface area contributed by atoms with E-state index in [1.807, 2.05) is 6.92 Å². The van der Waals surface area contributed by atoms with E-state index in [9.17, 15) is 19.8 Å². The zero-order valence-corrected chi connectivity index (χ0v) is 14.1. The second-order valence-corrected chi connectivity index (χ2v) is 9.18. The summed E-state index contributed by atoms with van der Waals surface area (Å²) in [5, 5.41) is 20.4. The van der Waals surface area contributed by atoms with E-state index in [4.69, 9.17) is 0 Å². The number of hydrogen-bond donors (Lipinski definition) is 2. The molecule has 0 bridgehead atoms. The van der Waals surface area contributed by atoms with Crippen LogP contribution >= 0.6 is 0 Å². The van der Waals surface area contributed by atoms with Crippen molar-refractivity contribution >= 4 is 11.6 Å². The van der Waals surface area contributed by atoms with Gasteiger partial charge < -0.3 is 10.2 Å². The Morgan fingerprint density at radius 1 is 1.00 bits per heavy atom. The predicted molar refractivity (Wildman–Crippen MR) is 84.5 cm³/mol. The standard InChI is InChI=1S/C19H28O4/c1-18-6-5-11(20)7-10(18)3-4-12-13-8-14(21)17(23)19(13,2)9-15(22)16(12)18/h10-13,16-17,20,23H,3-9H2,1-2H3/t10?,11?,12-,13-,16+,17-,18-,19-/m0/s1. The molecule has 128 valence electrons. The van der Waals surface area contributed by atoms with Crippen LogP contribution in [0.5, 0.6) is 0 Å². The van der Waals surface area contributed by atoms with Gasteiger partial charge in [-0.1, -0.05) is 13.8 Å². The summed E-state index contributed by atoms with van der Waals surface area (Å²) in [5.41, 5.74) is -0.580. The van der Waals surface area contributed by atoms with E-state index >= 15 is 0 Å². The van der Waals surface area contributed by atoms with Gasteiger partial charge in [-0.3, -0.25) is 9.59 Å². The molecule has 2 unspecified atom stereocenters. The molecule has 4 rings (SSSR count). The van der Waals surface area contributed by atoms with Crippen molar-refractivity contribution in [1.82, 2.24) is 0 Å². The number of aliphatic hydroxyl groups is 2. The number of fused-ring (bicyclic) bond motifs is 5. The first-order chi connectivity index (χ1) is 10.8. The lowest BCUT2D eigenvalue weighted by molar-refractivity contribution is -0.164. The van der Waals surface area contributed by atoms with Crippen LogP contribution in [0, 0.1) is 34.5 Å². The molecule has 23 heavy (non-hydrogen) atoms. The van der Waals surface area contributed by atoms with Crippen molar-refractivity contribution in [2.24, 2.45) is 34.5 Å². The lowest BCUT2D eigenvalue weighted by Crippen LogP contribution is -2.58. The molecule has 0 saturated heterocycles. The average Bonchev–Trinajstić information content (AvgIpc) is 2.71. The molecule has 0 aliphatic heterocycles. The summed E-state index contributed by atoms with van der Waals surface area (Å²) in [6, 6.07) is 0. The molecule has 4 aliphatic carbocycles. The zero-order chi connectivity index (χ0) is 16.6. The summed E-state index contributed by atoms with van der Waals surface area (Å²) >= 11 is 0. The molecule has 0 aromatic heterocycles. The maximum atomic E-state index is 13.1. The van der Waals surface area contributed by atoms with Crippen molar-refractivity contribution in [3.63, 3.8) is 0 Å². The lowest BCUT2D eigenvalue weighted by atomic mass is 9.45. The first-order valence-electron chi connectivity index (χ1n) is 9.19. The van der Waals surface area contributed by atoms with E-state index < -0.39 is 11.5 Å². The second kappa shape index (κ2) is 4.89. The van der Waals surface area contributed by atoms with Crippen molar-refractivity contribution in [2.75, 3.05) is 0 Å². The lowest BCUT2D eigenvalue weighted by Gasteiger charge is -2.59. The zero-order valence-electron chi connectivity index (χ0n) is 14.1. The highest BCUT2D eigenvalue weighted by molar-refractivity contribution is 5.91. The third-order valence-corrected chi connectivity index (χ3v) is 8.11. The van der Waals surface area contributed by atoms with Gasteiger partial charge in [0, 0.05) is 24.2 Å². The second-order valence-electron chi connectivity index (χ2n) is 9.18. The highest BCUT2D eigenvalue weighted by atomic mass is 16.3. The minimum Gasteiger partial charge on any atom is -0.393 e. The number of carbonyl (C=O) groups excluding carboxylic acids is 2.